The number of hydrogen-bond donors (Lipinski definition) is 2. The summed E-state index contributed by atoms with van der Waals surface area (Å²) in [4.78, 5) is 3.34. The minimum absolute atomic E-state index is 0.167. The Labute approximate surface area is 126 Å². The lowest BCUT2D eigenvalue weighted by atomic mass is 9.82. The third-order valence-corrected chi connectivity index (χ3v) is 4.69. The van der Waals surface area contributed by atoms with Gasteiger partial charge in [0.15, 0.2) is 0 Å². The Bertz CT molecular complexity index is 596. The largest absolute Gasteiger partial charge is 0.508 e. The monoisotopic (exact) mass is 287 g/mol. The quantitative estimate of drug-likeness (QED) is 0.772. The second-order valence-electron chi connectivity index (χ2n) is 6.19. The fourth-order valence-corrected chi connectivity index (χ4v) is 3.54. The molecule has 1 unspecified atom stereocenters. The third-order valence-electron chi connectivity index (χ3n) is 4.69. The predicted molar refractivity (Wildman–Crippen MR) is 85.6 cm³/mol. The summed E-state index contributed by atoms with van der Waals surface area (Å²) in [5.74, 6) is 0.322. The highest BCUT2D eigenvalue weighted by molar-refractivity contribution is 5.85. The van der Waals surface area contributed by atoms with Crippen LogP contribution < -0.4 is 0 Å². The number of nitrogens with one attached hydrogen (secondary N) is 1. The highest BCUT2D eigenvalue weighted by Gasteiger charge is 2.36. The van der Waals surface area contributed by atoms with Gasteiger partial charge in [0.2, 0.25) is 0 Å². The number of fused-ring (bicyclic) bond motifs is 1. The van der Waals surface area contributed by atoms with Crippen LogP contribution in [0.1, 0.15) is 57.4 Å². The molecule has 0 spiro atoms. The Morgan fingerprint density at radius 2 is 2.19 bits per heavy atom. The second kappa shape index (κ2) is 6.10. The number of phenolic OH excluding ortho intramolecular Hbond substituents is 1. The van der Waals surface area contributed by atoms with Crippen LogP contribution in [0.25, 0.3) is 10.9 Å². The van der Waals surface area contributed by atoms with E-state index >= 15 is 0 Å². The fraction of sp³-hybridized carbons (Fsp3) is 0.556. The molecule has 21 heavy (non-hydrogen) atoms. The number of aromatic hydroxyl groups is 1. The van der Waals surface area contributed by atoms with Gasteiger partial charge in [-0.15, -0.1) is 0 Å². The van der Waals surface area contributed by atoms with Crippen molar-refractivity contribution in [3.8, 4) is 5.75 Å². The van der Waals surface area contributed by atoms with Crippen LogP contribution in [0.3, 0.4) is 0 Å². The summed E-state index contributed by atoms with van der Waals surface area (Å²) in [6, 6.07) is 5.53. The predicted octanol–water partition coefficient (Wildman–Crippen LogP) is 4.85. The summed E-state index contributed by atoms with van der Waals surface area (Å²) in [6.45, 7) is 3.08. The number of ether oxygens (including phenoxy) is 1. The fourth-order valence-electron chi connectivity index (χ4n) is 3.54. The summed E-state index contributed by atoms with van der Waals surface area (Å²) in [5.41, 5.74) is 2.13. The maximum absolute atomic E-state index is 9.81. The third kappa shape index (κ3) is 2.80. The maximum Gasteiger partial charge on any atom is 0.116 e. The zero-order valence-electron chi connectivity index (χ0n) is 12.8. The molecule has 0 radical (unpaired) electrons. The van der Waals surface area contributed by atoms with Gasteiger partial charge >= 0.3 is 0 Å². The molecular formula is C18H25NO2. The molecule has 0 bridgehead atoms. The molecular weight excluding hydrogens is 262 g/mol. The van der Waals surface area contributed by atoms with Crippen molar-refractivity contribution < 1.29 is 9.84 Å². The van der Waals surface area contributed by atoms with E-state index in [0.717, 1.165) is 36.8 Å². The van der Waals surface area contributed by atoms with E-state index in [2.05, 4.69) is 18.1 Å². The molecule has 0 saturated carbocycles. The van der Waals surface area contributed by atoms with Gasteiger partial charge in [0, 0.05) is 29.3 Å². The number of unbranched alkanes of at least 4 members (excludes halogenated alkanes) is 2. The van der Waals surface area contributed by atoms with E-state index in [1.54, 1.807) is 6.07 Å². The van der Waals surface area contributed by atoms with Crippen molar-refractivity contribution in [2.75, 3.05) is 6.61 Å². The van der Waals surface area contributed by atoms with Crippen molar-refractivity contribution in [1.29, 1.82) is 0 Å². The zero-order valence-corrected chi connectivity index (χ0v) is 12.8. The topological polar surface area (TPSA) is 45.2 Å². The van der Waals surface area contributed by atoms with Gasteiger partial charge in [-0.2, -0.15) is 0 Å². The van der Waals surface area contributed by atoms with Crippen molar-refractivity contribution >= 4 is 10.9 Å². The van der Waals surface area contributed by atoms with Gasteiger partial charge in [-0.05, 0) is 43.9 Å². The lowest BCUT2D eigenvalue weighted by Crippen LogP contribution is -2.33. The molecule has 0 amide bonds. The molecule has 1 atom stereocenters. The van der Waals surface area contributed by atoms with Crippen LogP contribution in [0.4, 0.5) is 0 Å². The number of phenols is 1. The number of benzene rings is 1. The Kier molecular flexibility index (Phi) is 4.20. The molecule has 114 valence electrons. The van der Waals surface area contributed by atoms with E-state index in [1.807, 2.05) is 12.1 Å². The number of aromatic amines is 1. The van der Waals surface area contributed by atoms with Crippen molar-refractivity contribution in [3.05, 3.63) is 30.0 Å². The first-order chi connectivity index (χ1) is 10.2. The van der Waals surface area contributed by atoms with Gasteiger partial charge in [0.05, 0.1) is 5.60 Å². The summed E-state index contributed by atoms with van der Waals surface area (Å²) in [6.07, 6.45) is 10.3. The Morgan fingerprint density at radius 3 is 2.95 bits per heavy atom. The molecule has 1 aliphatic rings. The molecule has 0 aliphatic carbocycles. The summed E-state index contributed by atoms with van der Waals surface area (Å²) >= 11 is 0. The van der Waals surface area contributed by atoms with Crippen LogP contribution in [-0.2, 0) is 10.3 Å². The van der Waals surface area contributed by atoms with Gasteiger partial charge in [-0.25, -0.2) is 0 Å². The SMILES string of the molecule is CCCCCC1(c2c[nH]c3ccc(O)cc23)CCCCO1. The summed E-state index contributed by atoms with van der Waals surface area (Å²) in [5, 5.41) is 10.9. The van der Waals surface area contributed by atoms with E-state index in [9.17, 15) is 5.11 Å². The summed E-state index contributed by atoms with van der Waals surface area (Å²) < 4.78 is 6.30. The van der Waals surface area contributed by atoms with E-state index < -0.39 is 0 Å². The molecule has 3 heteroatoms. The van der Waals surface area contributed by atoms with Crippen LogP contribution in [0.5, 0.6) is 5.75 Å². The number of aromatic nitrogens is 1. The molecule has 3 rings (SSSR count). The minimum atomic E-state index is -0.167. The van der Waals surface area contributed by atoms with Crippen molar-refractivity contribution in [3.63, 3.8) is 0 Å². The van der Waals surface area contributed by atoms with Crippen molar-refractivity contribution in [2.45, 2.75) is 57.5 Å². The van der Waals surface area contributed by atoms with Gasteiger partial charge in [0.1, 0.15) is 5.75 Å². The Balaban J connectivity index is 1.99. The van der Waals surface area contributed by atoms with Gasteiger partial charge < -0.3 is 14.8 Å². The number of H-pyrrole nitrogens is 1. The molecule has 1 aliphatic heterocycles. The molecule has 1 aromatic carbocycles. The minimum Gasteiger partial charge on any atom is -0.508 e. The molecule has 3 nitrogen and oxygen atoms in total. The molecule has 2 N–H and O–H groups in total. The van der Waals surface area contributed by atoms with E-state index in [1.165, 1.54) is 31.2 Å². The lowest BCUT2D eigenvalue weighted by molar-refractivity contribution is -0.0897. The van der Waals surface area contributed by atoms with E-state index in [4.69, 9.17) is 4.74 Å². The van der Waals surface area contributed by atoms with Crippen molar-refractivity contribution in [2.24, 2.45) is 0 Å². The van der Waals surface area contributed by atoms with Crippen molar-refractivity contribution in [1.82, 2.24) is 4.98 Å². The van der Waals surface area contributed by atoms with Gasteiger partial charge in [-0.3, -0.25) is 0 Å². The molecule has 2 aromatic rings. The summed E-state index contributed by atoms with van der Waals surface area (Å²) in [7, 11) is 0. The molecule has 2 heterocycles. The van der Waals surface area contributed by atoms with Crippen LogP contribution >= 0.6 is 0 Å². The van der Waals surface area contributed by atoms with Crippen LogP contribution in [0.15, 0.2) is 24.4 Å². The molecule has 1 saturated heterocycles. The van der Waals surface area contributed by atoms with Crippen LogP contribution in [-0.4, -0.2) is 16.7 Å². The average molecular weight is 287 g/mol. The number of rotatable bonds is 5. The van der Waals surface area contributed by atoms with Crippen LogP contribution in [0, 0.1) is 0 Å². The smallest absolute Gasteiger partial charge is 0.116 e. The number of hydrogen-bond acceptors (Lipinski definition) is 2. The molecule has 1 fully saturated rings. The second-order valence-corrected chi connectivity index (χ2v) is 6.19. The maximum atomic E-state index is 9.81. The van der Waals surface area contributed by atoms with E-state index in [-0.39, 0.29) is 5.60 Å². The van der Waals surface area contributed by atoms with Crippen LogP contribution in [0.2, 0.25) is 0 Å². The normalized spacial score (nSPS) is 22.7. The Morgan fingerprint density at radius 1 is 1.29 bits per heavy atom. The first kappa shape index (κ1) is 14.5. The standard InChI is InChI=1S/C18H25NO2/c1-2-3-4-9-18(10-5-6-11-21-18)16-13-19-17-8-7-14(20)12-15(16)17/h7-8,12-13,19-20H,2-6,9-11H2,1H3. The van der Waals surface area contributed by atoms with E-state index in [0.29, 0.717) is 5.75 Å². The highest BCUT2D eigenvalue weighted by atomic mass is 16.5. The van der Waals surface area contributed by atoms with Gasteiger partial charge in [-0.1, -0.05) is 26.2 Å². The first-order valence-electron chi connectivity index (χ1n) is 8.20. The molecule has 1 aromatic heterocycles. The van der Waals surface area contributed by atoms with Gasteiger partial charge in [0.25, 0.3) is 0 Å². The highest BCUT2D eigenvalue weighted by Crippen LogP contribution is 2.43. The lowest BCUT2D eigenvalue weighted by Gasteiger charge is -2.37. The Hall–Kier alpha value is -1.48. The average Bonchev–Trinajstić information content (AvgIpc) is 2.92. The zero-order chi connectivity index (χ0) is 14.7. The first-order valence-corrected chi connectivity index (χ1v) is 8.20.